The summed E-state index contributed by atoms with van der Waals surface area (Å²) in [7, 11) is -1.99. The molecule has 4 nitrogen and oxygen atoms in total. The highest BCUT2D eigenvalue weighted by Gasteiger charge is 2.28. The van der Waals surface area contributed by atoms with Crippen LogP contribution in [0.15, 0.2) is 47.4 Å². The molecule has 0 fully saturated rings. The number of nitrogens with one attached hydrogen (secondary N) is 1. The van der Waals surface area contributed by atoms with E-state index < -0.39 is 15.6 Å². The van der Waals surface area contributed by atoms with Crippen LogP contribution >= 0.6 is 0 Å². The Labute approximate surface area is 150 Å². The highest BCUT2D eigenvalue weighted by Crippen LogP contribution is 2.27. The van der Waals surface area contributed by atoms with E-state index in [0.29, 0.717) is 4.90 Å². The summed E-state index contributed by atoms with van der Waals surface area (Å²) < 4.78 is 33.8. The van der Waals surface area contributed by atoms with Crippen LogP contribution in [0.5, 0.6) is 5.75 Å². The molecule has 2 aromatic rings. The van der Waals surface area contributed by atoms with E-state index in [1.807, 2.05) is 50.2 Å². The van der Waals surface area contributed by atoms with Crippen molar-refractivity contribution in [1.82, 2.24) is 4.72 Å². The molecule has 1 aliphatic rings. The summed E-state index contributed by atoms with van der Waals surface area (Å²) in [6.07, 6.45) is 4.31. The largest absolute Gasteiger partial charge is 0.497 e. The van der Waals surface area contributed by atoms with E-state index in [1.54, 1.807) is 13.2 Å². The molecule has 0 unspecified atom stereocenters. The van der Waals surface area contributed by atoms with E-state index in [0.717, 1.165) is 36.1 Å². The molecule has 0 aliphatic heterocycles. The average Bonchev–Trinajstić information content (AvgIpc) is 2.60. The molecule has 3 rings (SSSR count). The first kappa shape index (κ1) is 18.0. The molecule has 0 aromatic heterocycles. The molecule has 0 spiro atoms. The summed E-state index contributed by atoms with van der Waals surface area (Å²) in [6, 6.07) is 13.0. The van der Waals surface area contributed by atoms with Crippen molar-refractivity contribution in [3.63, 3.8) is 0 Å². The van der Waals surface area contributed by atoms with Crippen molar-refractivity contribution in [2.24, 2.45) is 0 Å². The zero-order chi connectivity index (χ0) is 18.1. The van der Waals surface area contributed by atoms with E-state index >= 15 is 0 Å². The third-order valence-corrected chi connectivity index (χ3v) is 6.49. The molecule has 134 valence electrons. The molecule has 25 heavy (non-hydrogen) atoms. The predicted molar refractivity (Wildman–Crippen MR) is 99.4 cm³/mol. The minimum absolute atomic E-state index is 0.342. The van der Waals surface area contributed by atoms with Crippen LogP contribution < -0.4 is 9.46 Å². The molecule has 0 radical (unpaired) electrons. The summed E-state index contributed by atoms with van der Waals surface area (Å²) >= 11 is 0. The Balaban J connectivity index is 1.86. The van der Waals surface area contributed by atoms with Gasteiger partial charge in [0.1, 0.15) is 5.75 Å². The van der Waals surface area contributed by atoms with Gasteiger partial charge in [-0.05, 0) is 80.5 Å². The van der Waals surface area contributed by atoms with Gasteiger partial charge in [0.2, 0.25) is 10.0 Å². The van der Waals surface area contributed by atoms with Crippen LogP contribution in [0.1, 0.15) is 43.4 Å². The summed E-state index contributed by atoms with van der Waals surface area (Å²) in [5.41, 5.74) is 2.60. The molecule has 0 atom stereocenters. The minimum Gasteiger partial charge on any atom is -0.497 e. The van der Waals surface area contributed by atoms with Crippen LogP contribution in [0, 0.1) is 0 Å². The predicted octanol–water partition coefficient (Wildman–Crippen LogP) is 3.79. The Hall–Kier alpha value is -1.85. The fourth-order valence-electron chi connectivity index (χ4n) is 3.34. The molecule has 0 saturated carbocycles. The van der Waals surface area contributed by atoms with Crippen LogP contribution in [-0.2, 0) is 28.4 Å². The van der Waals surface area contributed by atoms with Crippen LogP contribution in [-0.4, -0.2) is 15.5 Å². The molecule has 2 aromatic carbocycles. The van der Waals surface area contributed by atoms with Gasteiger partial charge in [-0.25, -0.2) is 13.1 Å². The maximum atomic E-state index is 12.9. The van der Waals surface area contributed by atoms with Gasteiger partial charge in [-0.3, -0.25) is 0 Å². The molecular weight excluding hydrogens is 334 g/mol. The zero-order valence-electron chi connectivity index (χ0n) is 15.0. The molecule has 1 aliphatic carbocycles. The highest BCUT2D eigenvalue weighted by molar-refractivity contribution is 7.89. The average molecular weight is 359 g/mol. The molecule has 5 heteroatoms. The van der Waals surface area contributed by atoms with Gasteiger partial charge in [0.05, 0.1) is 17.5 Å². The first-order chi connectivity index (χ1) is 11.8. The number of hydrogen-bond acceptors (Lipinski definition) is 3. The van der Waals surface area contributed by atoms with Crippen LogP contribution in [0.2, 0.25) is 0 Å². The normalized spacial score (nSPS) is 14.8. The van der Waals surface area contributed by atoms with E-state index in [4.69, 9.17) is 4.74 Å². The van der Waals surface area contributed by atoms with Crippen molar-refractivity contribution in [2.45, 2.75) is 50.0 Å². The number of rotatable bonds is 5. The van der Waals surface area contributed by atoms with Crippen molar-refractivity contribution in [3.05, 3.63) is 59.2 Å². The number of ether oxygens (including phenoxy) is 1. The highest BCUT2D eigenvalue weighted by atomic mass is 32.2. The summed E-state index contributed by atoms with van der Waals surface area (Å²) in [4.78, 5) is 0.342. The Bertz CT molecular complexity index is 855. The molecule has 1 N–H and O–H groups in total. The zero-order valence-corrected chi connectivity index (χ0v) is 15.8. The molecule has 0 bridgehead atoms. The number of methoxy groups -OCH3 is 1. The van der Waals surface area contributed by atoms with Gasteiger partial charge < -0.3 is 4.74 Å². The second-order valence-corrected chi connectivity index (χ2v) is 8.78. The van der Waals surface area contributed by atoms with Crippen molar-refractivity contribution in [2.75, 3.05) is 7.11 Å². The Morgan fingerprint density at radius 3 is 2.24 bits per heavy atom. The minimum atomic E-state index is -3.60. The lowest BCUT2D eigenvalue weighted by Gasteiger charge is -2.27. The van der Waals surface area contributed by atoms with Gasteiger partial charge >= 0.3 is 0 Å². The first-order valence-corrected chi connectivity index (χ1v) is 10.1. The number of fused-ring (bicyclic) bond motifs is 1. The molecule has 0 amide bonds. The first-order valence-electron chi connectivity index (χ1n) is 8.62. The Kier molecular flexibility index (Phi) is 4.89. The van der Waals surface area contributed by atoms with Crippen molar-refractivity contribution >= 4 is 10.0 Å². The fourth-order valence-corrected chi connectivity index (χ4v) is 4.79. The summed E-state index contributed by atoms with van der Waals surface area (Å²) in [5.74, 6) is 0.747. The van der Waals surface area contributed by atoms with Crippen molar-refractivity contribution in [1.29, 1.82) is 0 Å². The van der Waals surface area contributed by atoms with Crippen LogP contribution in [0.3, 0.4) is 0 Å². The third kappa shape index (κ3) is 3.88. The van der Waals surface area contributed by atoms with Crippen LogP contribution in [0.4, 0.5) is 0 Å². The van der Waals surface area contributed by atoms with Gasteiger partial charge in [-0.2, -0.15) is 0 Å². The van der Waals surface area contributed by atoms with Gasteiger partial charge in [-0.1, -0.05) is 18.2 Å². The number of sulfonamides is 1. The lowest BCUT2D eigenvalue weighted by atomic mass is 9.92. The van der Waals surface area contributed by atoms with Gasteiger partial charge in [0.25, 0.3) is 0 Å². The van der Waals surface area contributed by atoms with E-state index in [9.17, 15) is 8.42 Å². The topological polar surface area (TPSA) is 55.4 Å². The quantitative estimate of drug-likeness (QED) is 0.884. The molecule has 0 heterocycles. The molecule has 0 saturated heterocycles. The Morgan fingerprint density at radius 1 is 0.960 bits per heavy atom. The fraction of sp³-hybridized carbons (Fsp3) is 0.400. The number of benzene rings is 2. The molecular formula is C20H25NO3S. The van der Waals surface area contributed by atoms with E-state index in [1.165, 1.54) is 12.0 Å². The van der Waals surface area contributed by atoms with Gasteiger partial charge in [-0.15, -0.1) is 0 Å². The maximum Gasteiger partial charge on any atom is 0.241 e. The monoisotopic (exact) mass is 359 g/mol. The van der Waals surface area contributed by atoms with E-state index in [-0.39, 0.29) is 0 Å². The summed E-state index contributed by atoms with van der Waals surface area (Å²) in [6.45, 7) is 3.73. The standard InChI is InChI=1S/C20H25NO3S/c1-20(2,17-9-11-18(24-3)12-10-17)21-25(22,23)19-13-8-15-6-4-5-7-16(15)14-19/h8-14,21H,4-7H2,1-3H3. The third-order valence-electron chi connectivity index (χ3n) is 4.83. The van der Waals surface area contributed by atoms with E-state index in [2.05, 4.69) is 4.72 Å². The second-order valence-electron chi connectivity index (χ2n) is 7.10. The Morgan fingerprint density at radius 2 is 1.60 bits per heavy atom. The number of aryl methyl sites for hydroxylation is 2. The SMILES string of the molecule is COc1ccc(C(C)(C)NS(=O)(=O)c2ccc3c(c2)CCCC3)cc1. The van der Waals surface area contributed by atoms with Crippen molar-refractivity contribution in [3.8, 4) is 5.75 Å². The maximum absolute atomic E-state index is 12.9. The lowest BCUT2D eigenvalue weighted by Crippen LogP contribution is -2.40. The smallest absolute Gasteiger partial charge is 0.241 e. The number of hydrogen-bond donors (Lipinski definition) is 1. The summed E-state index contributed by atoms with van der Waals surface area (Å²) in [5, 5.41) is 0. The van der Waals surface area contributed by atoms with Crippen LogP contribution in [0.25, 0.3) is 0 Å². The second kappa shape index (κ2) is 6.81. The van der Waals surface area contributed by atoms with Gasteiger partial charge in [0.15, 0.2) is 0 Å². The van der Waals surface area contributed by atoms with Gasteiger partial charge in [0, 0.05) is 0 Å². The van der Waals surface area contributed by atoms with Crippen molar-refractivity contribution < 1.29 is 13.2 Å². The lowest BCUT2D eigenvalue weighted by molar-refractivity contribution is 0.413.